The minimum Gasteiger partial charge on any atom is -0.403 e. The highest BCUT2D eigenvalue weighted by Crippen LogP contribution is 2.27. The summed E-state index contributed by atoms with van der Waals surface area (Å²) in [4.78, 5) is 0. The highest BCUT2D eigenvalue weighted by Gasteiger charge is 2.33. The van der Waals surface area contributed by atoms with Gasteiger partial charge < -0.3 is 4.74 Å². The molecule has 1 aromatic carbocycles. The molecule has 0 N–H and O–H groups in total. The Morgan fingerprint density at radius 1 is 1.13 bits per heavy atom. The van der Waals surface area contributed by atoms with E-state index in [1.165, 1.54) is 6.07 Å². The molecular weight excluding hydrogens is 221 g/mol. The molecule has 0 unspecified atom stereocenters. The largest absolute Gasteiger partial charge is 0.573 e. The Hall–Kier alpha value is -1.84. The Morgan fingerprint density at radius 2 is 1.73 bits per heavy atom. The molecule has 0 amide bonds. The summed E-state index contributed by atoms with van der Waals surface area (Å²) < 4.78 is 63.8. The summed E-state index contributed by atoms with van der Waals surface area (Å²) in [6.45, 7) is 0. The van der Waals surface area contributed by atoms with Crippen LogP contribution in [-0.2, 0) is 0 Å². The molecule has 0 spiro atoms. The number of benzene rings is 1. The van der Waals surface area contributed by atoms with Crippen LogP contribution in [0.2, 0.25) is 0 Å². The SMILES string of the molecule is N#Cc1ccc(OC(F)(F)F)c(F)c1F. The summed E-state index contributed by atoms with van der Waals surface area (Å²) in [6.07, 6.45) is -5.11. The zero-order valence-corrected chi connectivity index (χ0v) is 6.90. The number of ether oxygens (including phenoxy) is 1. The molecule has 0 fully saturated rings. The Balaban J connectivity index is 3.14. The van der Waals surface area contributed by atoms with Crippen molar-refractivity contribution in [3.05, 3.63) is 29.3 Å². The lowest BCUT2D eigenvalue weighted by Gasteiger charge is -2.09. The Kier molecular flexibility index (Phi) is 2.79. The van der Waals surface area contributed by atoms with Crippen molar-refractivity contribution >= 4 is 0 Å². The number of rotatable bonds is 1. The first-order valence-electron chi connectivity index (χ1n) is 3.49. The van der Waals surface area contributed by atoms with Gasteiger partial charge in [-0.15, -0.1) is 13.2 Å². The van der Waals surface area contributed by atoms with E-state index >= 15 is 0 Å². The van der Waals surface area contributed by atoms with Crippen LogP contribution < -0.4 is 4.74 Å². The number of alkyl halides is 3. The molecule has 0 radical (unpaired) electrons. The van der Waals surface area contributed by atoms with Crippen LogP contribution >= 0.6 is 0 Å². The van der Waals surface area contributed by atoms with Crippen molar-refractivity contribution in [1.82, 2.24) is 0 Å². The van der Waals surface area contributed by atoms with E-state index in [0.29, 0.717) is 12.1 Å². The molecule has 1 aromatic rings. The second kappa shape index (κ2) is 3.73. The van der Waals surface area contributed by atoms with Gasteiger partial charge in [0.15, 0.2) is 11.6 Å². The second-order valence-electron chi connectivity index (χ2n) is 2.40. The van der Waals surface area contributed by atoms with Gasteiger partial charge >= 0.3 is 6.36 Å². The highest BCUT2D eigenvalue weighted by molar-refractivity contribution is 5.37. The van der Waals surface area contributed by atoms with Crippen LogP contribution in [0.15, 0.2) is 12.1 Å². The van der Waals surface area contributed by atoms with Crippen molar-refractivity contribution in [2.75, 3.05) is 0 Å². The van der Waals surface area contributed by atoms with Crippen LogP contribution in [0.1, 0.15) is 5.56 Å². The molecule has 2 nitrogen and oxygen atoms in total. The molecule has 0 saturated heterocycles. The standard InChI is InChI=1S/C8H2F5NO/c9-6-4(3-14)1-2-5(7(6)10)15-8(11,12)13/h1-2H. The molecule has 0 aliphatic carbocycles. The molecule has 7 heteroatoms. The van der Waals surface area contributed by atoms with Gasteiger partial charge in [-0.3, -0.25) is 0 Å². The van der Waals surface area contributed by atoms with Crippen molar-refractivity contribution in [2.24, 2.45) is 0 Å². The van der Waals surface area contributed by atoms with Gasteiger partial charge in [0.25, 0.3) is 0 Å². The third kappa shape index (κ3) is 2.56. The third-order valence-corrected chi connectivity index (χ3v) is 1.39. The molecule has 0 aromatic heterocycles. The van der Waals surface area contributed by atoms with Crippen molar-refractivity contribution in [2.45, 2.75) is 6.36 Å². The van der Waals surface area contributed by atoms with E-state index in [1.54, 1.807) is 0 Å². The maximum Gasteiger partial charge on any atom is 0.573 e. The van der Waals surface area contributed by atoms with Crippen LogP contribution in [0.25, 0.3) is 0 Å². The molecule has 0 aliphatic heterocycles. The summed E-state index contributed by atoms with van der Waals surface area (Å²) in [5, 5.41) is 8.25. The van der Waals surface area contributed by atoms with Gasteiger partial charge in [0.2, 0.25) is 5.82 Å². The molecule has 1 rings (SSSR count). The third-order valence-electron chi connectivity index (χ3n) is 1.39. The van der Waals surface area contributed by atoms with Crippen molar-refractivity contribution in [3.63, 3.8) is 0 Å². The van der Waals surface area contributed by atoms with E-state index in [2.05, 4.69) is 4.74 Å². The monoisotopic (exact) mass is 223 g/mol. The van der Waals surface area contributed by atoms with E-state index in [1.807, 2.05) is 0 Å². The topological polar surface area (TPSA) is 33.0 Å². The smallest absolute Gasteiger partial charge is 0.403 e. The van der Waals surface area contributed by atoms with Crippen LogP contribution in [0.5, 0.6) is 5.75 Å². The minimum atomic E-state index is -5.11. The molecule has 0 heterocycles. The number of nitrogens with zero attached hydrogens (tertiary/aromatic N) is 1. The minimum absolute atomic E-state index is 0.532. The normalized spacial score (nSPS) is 10.9. The van der Waals surface area contributed by atoms with E-state index in [-0.39, 0.29) is 0 Å². The van der Waals surface area contributed by atoms with Crippen molar-refractivity contribution in [3.8, 4) is 11.8 Å². The van der Waals surface area contributed by atoms with Crippen LogP contribution in [-0.4, -0.2) is 6.36 Å². The summed E-state index contributed by atoms with van der Waals surface area (Å²) >= 11 is 0. The summed E-state index contributed by atoms with van der Waals surface area (Å²) in [5.74, 6) is -4.82. The van der Waals surface area contributed by atoms with E-state index in [9.17, 15) is 22.0 Å². The molecule has 80 valence electrons. The van der Waals surface area contributed by atoms with Crippen LogP contribution in [0.3, 0.4) is 0 Å². The maximum atomic E-state index is 12.8. The Morgan fingerprint density at radius 3 is 2.20 bits per heavy atom. The molecule has 0 aliphatic rings. The number of halogens is 5. The number of nitriles is 1. The number of hydrogen-bond donors (Lipinski definition) is 0. The lowest BCUT2D eigenvalue weighted by atomic mass is 10.2. The van der Waals surface area contributed by atoms with Crippen molar-refractivity contribution < 1.29 is 26.7 Å². The fourth-order valence-electron chi connectivity index (χ4n) is 0.822. The zero-order valence-electron chi connectivity index (χ0n) is 6.90. The fourth-order valence-corrected chi connectivity index (χ4v) is 0.822. The first-order chi connectivity index (χ1) is 6.85. The Bertz CT molecular complexity index is 420. The first-order valence-corrected chi connectivity index (χ1v) is 3.49. The quantitative estimate of drug-likeness (QED) is 0.685. The Labute approximate surface area is 80.5 Å². The lowest BCUT2D eigenvalue weighted by molar-refractivity contribution is -0.275. The molecule has 0 bridgehead atoms. The summed E-state index contributed by atoms with van der Waals surface area (Å²) in [5.41, 5.74) is -0.693. The van der Waals surface area contributed by atoms with E-state index in [0.717, 1.165) is 0 Å². The van der Waals surface area contributed by atoms with Gasteiger partial charge in [0.05, 0.1) is 5.56 Å². The van der Waals surface area contributed by atoms with Crippen LogP contribution in [0, 0.1) is 23.0 Å². The molecule has 0 atom stereocenters. The van der Waals surface area contributed by atoms with Gasteiger partial charge in [-0.1, -0.05) is 0 Å². The van der Waals surface area contributed by atoms with Gasteiger partial charge in [0, 0.05) is 0 Å². The maximum absolute atomic E-state index is 12.8. The average Bonchev–Trinajstić information content (AvgIpc) is 2.11. The van der Waals surface area contributed by atoms with Gasteiger partial charge in [-0.05, 0) is 12.1 Å². The fraction of sp³-hybridized carbons (Fsp3) is 0.125. The highest BCUT2D eigenvalue weighted by atomic mass is 19.4. The van der Waals surface area contributed by atoms with Gasteiger partial charge in [-0.25, -0.2) is 4.39 Å². The first kappa shape index (κ1) is 11.2. The average molecular weight is 223 g/mol. The lowest BCUT2D eigenvalue weighted by Crippen LogP contribution is -2.18. The van der Waals surface area contributed by atoms with E-state index < -0.39 is 29.3 Å². The van der Waals surface area contributed by atoms with Gasteiger partial charge in [0.1, 0.15) is 6.07 Å². The predicted octanol–water partition coefficient (Wildman–Crippen LogP) is 2.74. The van der Waals surface area contributed by atoms with E-state index in [4.69, 9.17) is 5.26 Å². The van der Waals surface area contributed by atoms with Crippen LogP contribution in [0.4, 0.5) is 22.0 Å². The zero-order chi connectivity index (χ0) is 11.6. The molecule has 15 heavy (non-hydrogen) atoms. The predicted molar refractivity (Wildman–Crippen MR) is 37.8 cm³/mol. The summed E-state index contributed by atoms with van der Waals surface area (Å²) in [7, 11) is 0. The molecular formula is C8H2F5NO. The second-order valence-corrected chi connectivity index (χ2v) is 2.40. The summed E-state index contributed by atoms with van der Waals surface area (Å²) in [6, 6.07) is 2.50. The molecule has 0 saturated carbocycles. The van der Waals surface area contributed by atoms with Crippen molar-refractivity contribution in [1.29, 1.82) is 5.26 Å². The van der Waals surface area contributed by atoms with Gasteiger partial charge in [-0.2, -0.15) is 9.65 Å². The number of hydrogen-bond acceptors (Lipinski definition) is 2.